The Bertz CT molecular complexity index is 810. The third-order valence-electron chi connectivity index (χ3n) is 4.30. The predicted octanol–water partition coefficient (Wildman–Crippen LogP) is 2.51. The molecule has 0 unspecified atom stereocenters. The van der Waals surface area contributed by atoms with Gasteiger partial charge in [-0.15, -0.1) is 0 Å². The molecule has 2 aromatic carbocycles. The van der Waals surface area contributed by atoms with Crippen molar-refractivity contribution in [3.05, 3.63) is 47.5 Å². The highest BCUT2D eigenvalue weighted by atomic mass is 16.6. The van der Waals surface area contributed by atoms with Crippen molar-refractivity contribution in [3.8, 4) is 28.4 Å². The summed E-state index contributed by atoms with van der Waals surface area (Å²) in [4.78, 5) is 0. The summed E-state index contributed by atoms with van der Waals surface area (Å²) in [7, 11) is 3.01. The zero-order valence-corrected chi connectivity index (χ0v) is 14.7. The van der Waals surface area contributed by atoms with Crippen molar-refractivity contribution >= 4 is 6.08 Å². The molecule has 1 heterocycles. The van der Waals surface area contributed by atoms with Crippen LogP contribution in [-0.4, -0.2) is 48.9 Å². The van der Waals surface area contributed by atoms with Crippen LogP contribution in [0.5, 0.6) is 17.2 Å². The van der Waals surface area contributed by atoms with Crippen LogP contribution >= 0.6 is 0 Å². The maximum Gasteiger partial charge on any atom is 0.165 e. The highest BCUT2D eigenvalue weighted by Crippen LogP contribution is 2.43. The summed E-state index contributed by atoms with van der Waals surface area (Å²) < 4.78 is 15.9. The lowest BCUT2D eigenvalue weighted by molar-refractivity contribution is 0.136. The van der Waals surface area contributed by atoms with Crippen molar-refractivity contribution in [1.29, 1.82) is 0 Å². The van der Waals surface area contributed by atoms with Crippen molar-refractivity contribution in [1.82, 2.24) is 0 Å². The average Bonchev–Trinajstić information content (AvgIpc) is 3.51. The van der Waals surface area contributed by atoms with E-state index >= 15 is 0 Å². The molecule has 1 aliphatic heterocycles. The van der Waals surface area contributed by atoms with Crippen molar-refractivity contribution < 1.29 is 29.5 Å². The van der Waals surface area contributed by atoms with Crippen LogP contribution < -0.4 is 9.47 Å². The minimum absolute atomic E-state index is 0.00854. The Hall–Kier alpha value is -2.54. The van der Waals surface area contributed by atoms with Crippen LogP contribution in [0.3, 0.4) is 0 Å². The Kier molecular flexibility index (Phi) is 5.46. The number of phenols is 1. The number of aliphatic hydroxyl groups is 2. The molecule has 26 heavy (non-hydrogen) atoms. The van der Waals surface area contributed by atoms with E-state index in [0.29, 0.717) is 34.8 Å². The van der Waals surface area contributed by atoms with Gasteiger partial charge < -0.3 is 29.5 Å². The highest BCUT2D eigenvalue weighted by molar-refractivity contribution is 5.80. The van der Waals surface area contributed by atoms with E-state index in [1.807, 2.05) is 0 Å². The van der Waals surface area contributed by atoms with Gasteiger partial charge in [0.15, 0.2) is 11.5 Å². The first-order chi connectivity index (χ1) is 12.6. The van der Waals surface area contributed by atoms with E-state index in [1.165, 1.54) is 14.2 Å². The fraction of sp³-hybridized carbons (Fsp3) is 0.300. The molecule has 0 spiro atoms. The predicted molar refractivity (Wildman–Crippen MR) is 97.5 cm³/mol. The molecule has 2 atom stereocenters. The number of benzene rings is 2. The number of hydrogen-bond donors (Lipinski definition) is 3. The summed E-state index contributed by atoms with van der Waals surface area (Å²) in [6.45, 7) is 0.458. The quantitative estimate of drug-likeness (QED) is 0.659. The number of rotatable bonds is 7. The van der Waals surface area contributed by atoms with Crippen molar-refractivity contribution in [2.24, 2.45) is 0 Å². The molecule has 0 aliphatic carbocycles. The van der Waals surface area contributed by atoms with Crippen LogP contribution in [0.15, 0.2) is 36.4 Å². The minimum atomic E-state index is -0.708. The Morgan fingerprint density at radius 1 is 1.15 bits per heavy atom. The number of epoxide rings is 1. The van der Waals surface area contributed by atoms with Gasteiger partial charge in [-0.05, 0) is 29.3 Å². The summed E-state index contributed by atoms with van der Waals surface area (Å²) in [5.41, 5.74) is 2.65. The maximum atomic E-state index is 10.6. The van der Waals surface area contributed by atoms with Gasteiger partial charge in [-0.1, -0.05) is 24.3 Å². The lowest BCUT2D eigenvalue weighted by Crippen LogP contribution is -2.05. The molecule has 6 nitrogen and oxygen atoms in total. The van der Waals surface area contributed by atoms with Gasteiger partial charge in [-0.3, -0.25) is 0 Å². The van der Waals surface area contributed by atoms with Crippen LogP contribution in [0, 0.1) is 0 Å². The molecule has 1 saturated heterocycles. The molecule has 0 saturated carbocycles. The van der Waals surface area contributed by atoms with E-state index in [4.69, 9.17) is 19.3 Å². The second-order valence-electron chi connectivity index (χ2n) is 5.98. The van der Waals surface area contributed by atoms with E-state index in [-0.39, 0.29) is 18.5 Å². The third kappa shape index (κ3) is 3.67. The van der Waals surface area contributed by atoms with Gasteiger partial charge in [0, 0.05) is 11.1 Å². The zero-order valence-electron chi connectivity index (χ0n) is 14.7. The summed E-state index contributed by atoms with van der Waals surface area (Å²) >= 11 is 0. The standard InChI is InChI=1S/C20H22O6/c1-24-16-10-13(19(22)18-11-26-18)5-6-14(16)15-8-12(4-3-7-21)9-17(25-2)20(15)23/h3-6,8-10,18-19,21-23H,7,11H2,1-2H3/b4-3+/t18-,19+/m0/s1. The van der Waals surface area contributed by atoms with E-state index in [2.05, 4.69) is 0 Å². The van der Waals surface area contributed by atoms with Crippen LogP contribution in [0.1, 0.15) is 17.2 Å². The fourth-order valence-corrected chi connectivity index (χ4v) is 2.84. The Morgan fingerprint density at radius 3 is 2.50 bits per heavy atom. The summed E-state index contributed by atoms with van der Waals surface area (Å²) in [6, 6.07) is 8.77. The lowest BCUT2D eigenvalue weighted by Gasteiger charge is -2.16. The molecule has 1 fully saturated rings. The fourth-order valence-electron chi connectivity index (χ4n) is 2.84. The van der Waals surface area contributed by atoms with E-state index < -0.39 is 6.10 Å². The molecule has 1 aliphatic rings. The van der Waals surface area contributed by atoms with Gasteiger partial charge in [0.1, 0.15) is 18.0 Å². The monoisotopic (exact) mass is 358 g/mol. The number of methoxy groups -OCH3 is 2. The number of aliphatic hydroxyl groups excluding tert-OH is 2. The summed E-state index contributed by atoms with van der Waals surface area (Å²) in [5.74, 6) is 0.825. The van der Waals surface area contributed by atoms with Gasteiger partial charge in [0.25, 0.3) is 0 Å². The maximum absolute atomic E-state index is 10.6. The number of phenolic OH excluding ortho intramolecular Hbond substituents is 1. The van der Waals surface area contributed by atoms with Gasteiger partial charge in [0.05, 0.1) is 27.4 Å². The van der Waals surface area contributed by atoms with Crippen LogP contribution in [0.25, 0.3) is 17.2 Å². The first kappa shape index (κ1) is 18.3. The van der Waals surface area contributed by atoms with Crippen LogP contribution in [0.2, 0.25) is 0 Å². The van der Waals surface area contributed by atoms with Crippen LogP contribution in [-0.2, 0) is 4.74 Å². The first-order valence-corrected chi connectivity index (χ1v) is 8.25. The molecule has 6 heteroatoms. The molecule has 0 amide bonds. The Labute approximate surface area is 151 Å². The molecule has 3 rings (SSSR count). The highest BCUT2D eigenvalue weighted by Gasteiger charge is 2.32. The first-order valence-electron chi connectivity index (χ1n) is 8.25. The van der Waals surface area contributed by atoms with Crippen molar-refractivity contribution in [3.63, 3.8) is 0 Å². The molecule has 138 valence electrons. The largest absolute Gasteiger partial charge is 0.504 e. The van der Waals surface area contributed by atoms with Gasteiger partial charge >= 0.3 is 0 Å². The topological polar surface area (TPSA) is 91.7 Å². The molecule has 0 radical (unpaired) electrons. The molecule has 3 N–H and O–H groups in total. The smallest absolute Gasteiger partial charge is 0.165 e. The lowest BCUT2D eigenvalue weighted by atomic mass is 9.97. The number of hydrogen-bond acceptors (Lipinski definition) is 6. The van der Waals surface area contributed by atoms with Crippen molar-refractivity contribution in [2.75, 3.05) is 27.4 Å². The van der Waals surface area contributed by atoms with Gasteiger partial charge in [-0.25, -0.2) is 0 Å². The van der Waals surface area contributed by atoms with E-state index in [9.17, 15) is 10.2 Å². The second kappa shape index (κ2) is 7.78. The van der Waals surface area contributed by atoms with E-state index in [1.54, 1.807) is 42.5 Å². The number of ether oxygens (including phenoxy) is 3. The van der Waals surface area contributed by atoms with Crippen LogP contribution in [0.4, 0.5) is 0 Å². The molecule has 2 aromatic rings. The third-order valence-corrected chi connectivity index (χ3v) is 4.30. The van der Waals surface area contributed by atoms with E-state index in [0.717, 1.165) is 5.56 Å². The molecule has 0 bridgehead atoms. The second-order valence-corrected chi connectivity index (χ2v) is 5.98. The minimum Gasteiger partial charge on any atom is -0.504 e. The zero-order chi connectivity index (χ0) is 18.7. The summed E-state index contributed by atoms with van der Waals surface area (Å²) in [5, 5.41) is 29.8. The molecule has 0 aromatic heterocycles. The normalized spacial score (nSPS) is 17.3. The van der Waals surface area contributed by atoms with Gasteiger partial charge in [-0.2, -0.15) is 0 Å². The molecular weight excluding hydrogens is 336 g/mol. The number of aromatic hydroxyl groups is 1. The average molecular weight is 358 g/mol. The molecular formula is C20H22O6. The SMILES string of the molecule is COc1cc([C@@H](O)[C@@H]2CO2)ccc1-c1cc(/C=C/CO)cc(OC)c1O. The Morgan fingerprint density at radius 2 is 1.88 bits per heavy atom. The van der Waals surface area contributed by atoms with Gasteiger partial charge in [0.2, 0.25) is 0 Å². The Balaban J connectivity index is 2.08. The van der Waals surface area contributed by atoms with Crippen molar-refractivity contribution in [2.45, 2.75) is 12.2 Å². The summed E-state index contributed by atoms with van der Waals surface area (Å²) in [6.07, 6.45) is 2.45.